The lowest BCUT2D eigenvalue weighted by Gasteiger charge is -2.18. The van der Waals surface area contributed by atoms with E-state index >= 15 is 0 Å². The van der Waals surface area contributed by atoms with Gasteiger partial charge in [-0.15, -0.1) is 11.3 Å². The molecule has 0 radical (unpaired) electrons. The predicted molar refractivity (Wildman–Crippen MR) is 84.2 cm³/mol. The second kappa shape index (κ2) is 5.26. The number of thiazole rings is 1. The van der Waals surface area contributed by atoms with Crippen LogP contribution in [0.25, 0.3) is 4.96 Å². The summed E-state index contributed by atoms with van der Waals surface area (Å²) >= 11 is 1.63. The first-order chi connectivity index (χ1) is 9.69. The zero-order valence-corrected chi connectivity index (χ0v) is 12.5. The zero-order chi connectivity index (χ0) is 14.1. The van der Waals surface area contributed by atoms with Crippen molar-refractivity contribution >= 4 is 22.1 Å². The predicted octanol–water partition coefficient (Wildman–Crippen LogP) is 2.80. The summed E-state index contributed by atoms with van der Waals surface area (Å²) in [6.45, 7) is 3.44. The lowest BCUT2D eigenvalue weighted by Crippen LogP contribution is -2.19. The molecule has 1 aromatic carbocycles. The molecule has 4 nitrogen and oxygen atoms in total. The molecule has 3 aromatic rings. The van der Waals surface area contributed by atoms with E-state index in [0.29, 0.717) is 6.54 Å². The van der Waals surface area contributed by atoms with Crippen molar-refractivity contribution < 1.29 is 0 Å². The first-order valence-corrected chi connectivity index (χ1v) is 7.48. The number of anilines is 1. The van der Waals surface area contributed by atoms with Gasteiger partial charge in [-0.2, -0.15) is 0 Å². The van der Waals surface area contributed by atoms with Crippen LogP contribution >= 0.6 is 11.3 Å². The maximum absolute atomic E-state index is 5.89. The topological polar surface area (TPSA) is 46.6 Å². The molecule has 0 amide bonds. The summed E-state index contributed by atoms with van der Waals surface area (Å²) in [6, 6.07) is 8.55. The smallest absolute Gasteiger partial charge is 0.195 e. The Kier molecular flexibility index (Phi) is 3.46. The van der Waals surface area contributed by atoms with Gasteiger partial charge in [0, 0.05) is 31.7 Å². The van der Waals surface area contributed by atoms with Crippen LogP contribution in [0.2, 0.25) is 0 Å². The van der Waals surface area contributed by atoms with Crippen molar-refractivity contribution in [2.75, 3.05) is 11.9 Å². The number of hydrogen-bond donors (Lipinski definition) is 1. The van der Waals surface area contributed by atoms with Gasteiger partial charge in [-0.05, 0) is 12.5 Å². The van der Waals surface area contributed by atoms with Gasteiger partial charge in [0.1, 0.15) is 0 Å². The highest BCUT2D eigenvalue weighted by molar-refractivity contribution is 7.15. The fourth-order valence-corrected chi connectivity index (χ4v) is 3.20. The van der Waals surface area contributed by atoms with Crippen molar-refractivity contribution in [3.8, 4) is 0 Å². The number of aromatic nitrogens is 2. The molecule has 0 saturated carbocycles. The van der Waals surface area contributed by atoms with Gasteiger partial charge >= 0.3 is 0 Å². The molecule has 0 bridgehead atoms. The van der Waals surface area contributed by atoms with E-state index in [-0.39, 0.29) is 0 Å². The standard InChI is InChI=1S/C15H18N4S/c1-11-4-3-5-12(8-11)10-18(2)14-13(9-16)19-6-7-20-15(19)17-14/h3-8H,9-10,16H2,1-2H3. The molecule has 5 heteroatoms. The van der Waals surface area contributed by atoms with Gasteiger partial charge in [0.25, 0.3) is 0 Å². The minimum atomic E-state index is 0.491. The molecule has 3 rings (SSSR count). The zero-order valence-electron chi connectivity index (χ0n) is 11.7. The Hall–Kier alpha value is -1.85. The number of rotatable bonds is 4. The van der Waals surface area contributed by atoms with Crippen molar-refractivity contribution in [1.29, 1.82) is 0 Å². The molecule has 0 atom stereocenters. The van der Waals surface area contributed by atoms with Gasteiger partial charge in [0.05, 0.1) is 5.69 Å². The maximum atomic E-state index is 5.89. The third-order valence-corrected chi connectivity index (χ3v) is 4.15. The number of fused-ring (bicyclic) bond motifs is 1. The largest absolute Gasteiger partial charge is 0.354 e. The van der Waals surface area contributed by atoms with E-state index in [1.54, 1.807) is 11.3 Å². The van der Waals surface area contributed by atoms with Crippen LogP contribution in [0.3, 0.4) is 0 Å². The Bertz CT molecular complexity index is 728. The summed E-state index contributed by atoms with van der Waals surface area (Å²) in [4.78, 5) is 7.85. The Morgan fingerprint density at radius 3 is 3.00 bits per heavy atom. The van der Waals surface area contributed by atoms with E-state index in [0.717, 1.165) is 23.0 Å². The summed E-state index contributed by atoms with van der Waals surface area (Å²) in [7, 11) is 2.06. The second-order valence-electron chi connectivity index (χ2n) is 4.99. The van der Waals surface area contributed by atoms with Gasteiger partial charge in [-0.25, -0.2) is 4.98 Å². The van der Waals surface area contributed by atoms with Gasteiger partial charge in [0.2, 0.25) is 0 Å². The van der Waals surface area contributed by atoms with Gasteiger partial charge in [-0.3, -0.25) is 4.40 Å². The minimum absolute atomic E-state index is 0.491. The Balaban J connectivity index is 1.92. The summed E-state index contributed by atoms with van der Waals surface area (Å²) in [5.41, 5.74) is 9.52. The molecule has 0 aliphatic heterocycles. The van der Waals surface area contributed by atoms with E-state index in [4.69, 9.17) is 5.73 Å². The summed E-state index contributed by atoms with van der Waals surface area (Å²) in [5.74, 6) is 0.973. The van der Waals surface area contributed by atoms with E-state index in [1.165, 1.54) is 11.1 Å². The highest BCUT2D eigenvalue weighted by atomic mass is 32.1. The number of imidazole rings is 1. The molecule has 0 aliphatic carbocycles. The lowest BCUT2D eigenvalue weighted by molar-refractivity contribution is 0.873. The highest BCUT2D eigenvalue weighted by Gasteiger charge is 2.15. The Labute approximate surface area is 122 Å². The van der Waals surface area contributed by atoms with Crippen molar-refractivity contribution in [2.45, 2.75) is 20.0 Å². The molecular formula is C15H18N4S. The number of nitrogens with two attached hydrogens (primary N) is 1. The molecule has 104 valence electrons. The van der Waals surface area contributed by atoms with E-state index in [2.05, 4.69) is 52.5 Å². The average Bonchev–Trinajstić information content (AvgIpc) is 2.98. The average molecular weight is 286 g/mol. The first kappa shape index (κ1) is 13.1. The van der Waals surface area contributed by atoms with Crippen molar-refractivity contribution in [3.63, 3.8) is 0 Å². The molecule has 2 aromatic heterocycles. The quantitative estimate of drug-likeness (QED) is 0.802. The number of benzene rings is 1. The Morgan fingerprint density at radius 1 is 1.40 bits per heavy atom. The molecule has 2 heterocycles. The monoisotopic (exact) mass is 286 g/mol. The lowest BCUT2D eigenvalue weighted by atomic mass is 10.1. The molecule has 20 heavy (non-hydrogen) atoms. The van der Waals surface area contributed by atoms with Gasteiger partial charge in [-0.1, -0.05) is 29.8 Å². The Morgan fingerprint density at radius 2 is 2.25 bits per heavy atom. The van der Waals surface area contributed by atoms with Gasteiger partial charge < -0.3 is 10.6 Å². The second-order valence-corrected chi connectivity index (χ2v) is 5.86. The molecule has 2 N–H and O–H groups in total. The third kappa shape index (κ3) is 2.30. The summed E-state index contributed by atoms with van der Waals surface area (Å²) < 4.78 is 2.08. The molecule has 0 fully saturated rings. The van der Waals surface area contributed by atoms with Crippen molar-refractivity contribution in [3.05, 3.63) is 52.7 Å². The SMILES string of the molecule is Cc1cccc(CN(C)c2nc3sccn3c2CN)c1. The normalized spacial score (nSPS) is 11.2. The molecule has 0 aliphatic rings. The highest BCUT2D eigenvalue weighted by Crippen LogP contribution is 2.24. The molecular weight excluding hydrogens is 268 g/mol. The van der Waals surface area contributed by atoms with Crippen LogP contribution in [0.15, 0.2) is 35.8 Å². The van der Waals surface area contributed by atoms with E-state index in [1.807, 2.05) is 11.6 Å². The number of hydrogen-bond acceptors (Lipinski definition) is 4. The maximum Gasteiger partial charge on any atom is 0.195 e. The third-order valence-electron chi connectivity index (χ3n) is 3.40. The first-order valence-electron chi connectivity index (χ1n) is 6.60. The minimum Gasteiger partial charge on any atom is -0.354 e. The van der Waals surface area contributed by atoms with Crippen molar-refractivity contribution in [1.82, 2.24) is 9.38 Å². The van der Waals surface area contributed by atoms with Crippen LogP contribution in [0, 0.1) is 6.92 Å². The van der Waals surface area contributed by atoms with Crippen LogP contribution in [-0.4, -0.2) is 16.4 Å². The fraction of sp³-hybridized carbons (Fsp3) is 0.267. The number of nitrogens with zero attached hydrogens (tertiary/aromatic N) is 3. The molecule has 0 unspecified atom stereocenters. The number of aryl methyl sites for hydroxylation is 1. The van der Waals surface area contributed by atoms with Crippen molar-refractivity contribution in [2.24, 2.45) is 5.73 Å². The molecule has 0 saturated heterocycles. The fourth-order valence-electron chi connectivity index (χ4n) is 2.48. The van der Waals surface area contributed by atoms with Crippen LogP contribution in [0.4, 0.5) is 5.82 Å². The van der Waals surface area contributed by atoms with Crippen LogP contribution in [0.5, 0.6) is 0 Å². The molecule has 0 spiro atoms. The van der Waals surface area contributed by atoms with Gasteiger partial charge in [0.15, 0.2) is 10.8 Å². The summed E-state index contributed by atoms with van der Waals surface area (Å²) in [5, 5.41) is 2.03. The van der Waals surface area contributed by atoms with Crippen LogP contribution < -0.4 is 10.6 Å². The van der Waals surface area contributed by atoms with E-state index in [9.17, 15) is 0 Å². The van der Waals surface area contributed by atoms with Crippen LogP contribution in [0.1, 0.15) is 16.8 Å². The van der Waals surface area contributed by atoms with Crippen LogP contribution in [-0.2, 0) is 13.1 Å². The summed E-state index contributed by atoms with van der Waals surface area (Å²) in [6.07, 6.45) is 2.03. The van der Waals surface area contributed by atoms with E-state index < -0.39 is 0 Å².